The van der Waals surface area contributed by atoms with E-state index in [4.69, 9.17) is 21.3 Å². The average Bonchev–Trinajstić information content (AvgIpc) is 2.96. The first kappa shape index (κ1) is 19.4. The molecule has 2 aromatic carbocycles. The maximum absolute atomic E-state index is 13.0. The van der Waals surface area contributed by atoms with E-state index in [1.54, 1.807) is 7.11 Å². The molecule has 0 unspecified atom stereocenters. The molecule has 0 atom stereocenters. The number of hydrogen-bond donors (Lipinski definition) is 0. The van der Waals surface area contributed by atoms with Crippen LogP contribution in [0.1, 0.15) is 27.4 Å². The number of rotatable bonds is 3. The van der Waals surface area contributed by atoms with Crippen molar-refractivity contribution < 1.29 is 9.53 Å². The Morgan fingerprint density at radius 2 is 1.69 bits per heavy atom. The van der Waals surface area contributed by atoms with Crippen molar-refractivity contribution in [1.82, 2.24) is 14.9 Å². The van der Waals surface area contributed by atoms with Gasteiger partial charge in [0.25, 0.3) is 5.91 Å². The fourth-order valence-electron chi connectivity index (χ4n) is 3.69. The zero-order valence-electron chi connectivity index (χ0n) is 16.5. The third kappa shape index (κ3) is 4.10. The quantitative estimate of drug-likeness (QED) is 0.647. The maximum Gasteiger partial charge on any atom is 0.253 e. The number of amides is 1. The minimum Gasteiger partial charge on any atom is -0.497 e. The number of carbonyl (C=O) groups is 1. The summed E-state index contributed by atoms with van der Waals surface area (Å²) in [5, 5.41) is 0.696. The fraction of sp³-hybridized carbons (Fsp3) is 0.261. The van der Waals surface area contributed by atoms with Crippen molar-refractivity contribution in [2.45, 2.75) is 19.8 Å². The molecular formula is C23H22ClN3O2. The summed E-state index contributed by atoms with van der Waals surface area (Å²) in [6.45, 7) is 3.17. The maximum atomic E-state index is 13.0. The number of carbonyl (C=O) groups excluding carboxylic acids is 1. The van der Waals surface area contributed by atoms with Crippen LogP contribution in [0.25, 0.3) is 11.3 Å². The van der Waals surface area contributed by atoms with Gasteiger partial charge in [0.05, 0.1) is 12.8 Å². The van der Waals surface area contributed by atoms with Gasteiger partial charge in [0.1, 0.15) is 11.6 Å². The Morgan fingerprint density at radius 1 is 1.00 bits per heavy atom. The number of ether oxygens (including phenoxy) is 1. The molecule has 4 rings (SSSR count). The summed E-state index contributed by atoms with van der Waals surface area (Å²) < 4.78 is 5.18. The fourth-order valence-corrected chi connectivity index (χ4v) is 3.81. The molecule has 0 spiro atoms. The second kappa shape index (κ2) is 8.21. The molecule has 0 N–H and O–H groups in total. The second-order valence-corrected chi connectivity index (χ2v) is 7.51. The Balaban J connectivity index is 1.61. The molecule has 29 heavy (non-hydrogen) atoms. The molecule has 3 aromatic rings. The Bertz CT molecular complexity index is 1030. The van der Waals surface area contributed by atoms with Crippen LogP contribution in [0.3, 0.4) is 0 Å². The summed E-state index contributed by atoms with van der Waals surface area (Å²) in [7, 11) is 1.62. The first-order valence-corrected chi connectivity index (χ1v) is 9.98. The molecule has 0 saturated heterocycles. The molecule has 1 aliphatic rings. The van der Waals surface area contributed by atoms with Gasteiger partial charge in [-0.25, -0.2) is 9.97 Å². The zero-order chi connectivity index (χ0) is 20.4. The van der Waals surface area contributed by atoms with Crippen molar-refractivity contribution in [3.63, 3.8) is 0 Å². The predicted molar refractivity (Wildman–Crippen MR) is 114 cm³/mol. The summed E-state index contributed by atoms with van der Waals surface area (Å²) in [6.07, 6.45) is 1.43. The van der Waals surface area contributed by atoms with E-state index in [1.165, 1.54) is 0 Å². The first-order valence-electron chi connectivity index (χ1n) is 9.61. The van der Waals surface area contributed by atoms with Crippen LogP contribution >= 0.6 is 11.6 Å². The normalized spacial score (nSPS) is 13.6. The molecule has 2 heterocycles. The van der Waals surface area contributed by atoms with Crippen LogP contribution in [0.15, 0.2) is 48.5 Å². The van der Waals surface area contributed by atoms with E-state index in [0.29, 0.717) is 30.1 Å². The van der Waals surface area contributed by atoms with Crippen molar-refractivity contribution in [2.24, 2.45) is 0 Å². The van der Waals surface area contributed by atoms with E-state index < -0.39 is 0 Å². The Labute approximate surface area is 175 Å². The number of fused-ring (bicyclic) bond motifs is 1. The second-order valence-electron chi connectivity index (χ2n) is 7.07. The topological polar surface area (TPSA) is 55.3 Å². The molecule has 148 valence electrons. The third-order valence-corrected chi connectivity index (χ3v) is 5.45. The molecule has 0 bridgehead atoms. The predicted octanol–water partition coefficient (Wildman–Crippen LogP) is 4.36. The van der Waals surface area contributed by atoms with E-state index >= 15 is 0 Å². The summed E-state index contributed by atoms with van der Waals surface area (Å²) in [5.41, 5.74) is 4.75. The number of halogens is 1. The number of aromatic nitrogens is 2. The minimum atomic E-state index is 0.0261. The van der Waals surface area contributed by atoms with Crippen molar-refractivity contribution in [1.29, 1.82) is 0 Å². The Hall–Kier alpha value is -2.92. The van der Waals surface area contributed by atoms with E-state index in [1.807, 2.05) is 60.4 Å². The van der Waals surface area contributed by atoms with Crippen LogP contribution in [0.5, 0.6) is 5.75 Å². The largest absolute Gasteiger partial charge is 0.497 e. The van der Waals surface area contributed by atoms with Crippen LogP contribution in [-0.4, -0.2) is 41.0 Å². The summed E-state index contributed by atoms with van der Waals surface area (Å²) >= 11 is 6.05. The highest BCUT2D eigenvalue weighted by Gasteiger charge is 2.23. The molecule has 1 aliphatic heterocycles. The lowest BCUT2D eigenvalue weighted by Crippen LogP contribution is -2.33. The van der Waals surface area contributed by atoms with Crippen molar-refractivity contribution in [3.8, 4) is 17.0 Å². The number of nitrogens with zero attached hydrogens (tertiary/aromatic N) is 3. The SMILES string of the molecule is COc1ccc(C(=O)N2CCc3nc(C)nc(-c4ccc(Cl)cc4)c3CC2)cc1. The molecule has 6 heteroatoms. The molecular weight excluding hydrogens is 386 g/mol. The monoisotopic (exact) mass is 407 g/mol. The van der Waals surface area contributed by atoms with Crippen LogP contribution in [-0.2, 0) is 12.8 Å². The Morgan fingerprint density at radius 3 is 2.38 bits per heavy atom. The summed E-state index contributed by atoms with van der Waals surface area (Å²) in [6, 6.07) is 14.9. The standard InChI is InChI=1S/C23H22ClN3O2/c1-15-25-21-12-14-27(23(28)17-5-9-19(29-2)10-6-17)13-11-20(21)22(26-15)16-3-7-18(24)8-4-16/h3-10H,11-14H2,1-2H3. The van der Waals surface area contributed by atoms with E-state index in [0.717, 1.165) is 40.5 Å². The minimum absolute atomic E-state index is 0.0261. The van der Waals surface area contributed by atoms with Crippen LogP contribution in [0.2, 0.25) is 5.02 Å². The van der Waals surface area contributed by atoms with Crippen LogP contribution < -0.4 is 4.74 Å². The van der Waals surface area contributed by atoms with E-state index in [9.17, 15) is 4.79 Å². The van der Waals surface area contributed by atoms with Crippen molar-refractivity contribution in [2.75, 3.05) is 20.2 Å². The van der Waals surface area contributed by atoms with Crippen molar-refractivity contribution >= 4 is 17.5 Å². The van der Waals surface area contributed by atoms with Gasteiger partial charge in [-0.3, -0.25) is 4.79 Å². The summed E-state index contributed by atoms with van der Waals surface area (Å²) in [4.78, 5) is 24.3. The van der Waals surface area contributed by atoms with Crippen LogP contribution in [0.4, 0.5) is 0 Å². The third-order valence-electron chi connectivity index (χ3n) is 5.20. The number of benzene rings is 2. The van der Waals surface area contributed by atoms with E-state index in [-0.39, 0.29) is 5.91 Å². The highest BCUT2D eigenvalue weighted by atomic mass is 35.5. The summed E-state index contributed by atoms with van der Waals surface area (Å²) in [5.74, 6) is 1.50. The van der Waals surface area contributed by atoms with Gasteiger partial charge in [0, 0.05) is 46.9 Å². The Kier molecular flexibility index (Phi) is 5.49. The lowest BCUT2D eigenvalue weighted by atomic mass is 10.0. The van der Waals surface area contributed by atoms with Gasteiger partial charge in [-0.05, 0) is 49.7 Å². The van der Waals surface area contributed by atoms with Gasteiger partial charge >= 0.3 is 0 Å². The van der Waals surface area contributed by atoms with Gasteiger partial charge in [-0.2, -0.15) is 0 Å². The number of methoxy groups -OCH3 is 1. The lowest BCUT2D eigenvalue weighted by molar-refractivity contribution is 0.0763. The first-order chi connectivity index (χ1) is 14.0. The molecule has 1 amide bonds. The van der Waals surface area contributed by atoms with Crippen molar-refractivity contribution in [3.05, 3.63) is 76.2 Å². The molecule has 5 nitrogen and oxygen atoms in total. The van der Waals surface area contributed by atoms with Gasteiger partial charge in [0.15, 0.2) is 0 Å². The smallest absolute Gasteiger partial charge is 0.253 e. The zero-order valence-corrected chi connectivity index (χ0v) is 17.2. The molecule has 0 saturated carbocycles. The van der Waals surface area contributed by atoms with Gasteiger partial charge in [-0.1, -0.05) is 23.7 Å². The average molecular weight is 408 g/mol. The van der Waals surface area contributed by atoms with Gasteiger partial charge in [-0.15, -0.1) is 0 Å². The van der Waals surface area contributed by atoms with Gasteiger partial charge in [0.2, 0.25) is 0 Å². The lowest BCUT2D eigenvalue weighted by Gasteiger charge is -2.20. The number of hydrogen-bond acceptors (Lipinski definition) is 4. The van der Waals surface area contributed by atoms with E-state index in [2.05, 4.69) is 4.98 Å². The highest BCUT2D eigenvalue weighted by molar-refractivity contribution is 6.30. The molecule has 1 aromatic heterocycles. The molecule has 0 radical (unpaired) electrons. The highest BCUT2D eigenvalue weighted by Crippen LogP contribution is 2.28. The molecule has 0 fully saturated rings. The number of aryl methyl sites for hydroxylation is 1. The van der Waals surface area contributed by atoms with Gasteiger partial charge < -0.3 is 9.64 Å². The molecule has 0 aliphatic carbocycles. The van der Waals surface area contributed by atoms with Crippen LogP contribution in [0, 0.1) is 6.92 Å².